The third-order valence-electron chi connectivity index (χ3n) is 3.65. The van der Waals surface area contributed by atoms with Gasteiger partial charge in [0.25, 0.3) is 0 Å². The lowest BCUT2D eigenvalue weighted by Crippen LogP contribution is -2.42. The SMILES string of the molecule is CC(O)C(C)(C)CN1CCc2sccc2C1. The van der Waals surface area contributed by atoms with Gasteiger partial charge in [-0.3, -0.25) is 4.90 Å². The van der Waals surface area contributed by atoms with E-state index < -0.39 is 0 Å². The Morgan fingerprint density at radius 2 is 2.31 bits per heavy atom. The summed E-state index contributed by atoms with van der Waals surface area (Å²) in [7, 11) is 0. The van der Waals surface area contributed by atoms with Gasteiger partial charge >= 0.3 is 0 Å². The molecule has 1 N–H and O–H groups in total. The van der Waals surface area contributed by atoms with Crippen molar-refractivity contribution in [1.29, 1.82) is 0 Å². The van der Waals surface area contributed by atoms with Crippen LogP contribution in [-0.2, 0) is 13.0 Å². The molecule has 1 aliphatic heterocycles. The zero-order valence-corrected chi connectivity index (χ0v) is 11.2. The molecule has 1 aromatic rings. The Kier molecular flexibility index (Phi) is 3.38. The zero-order chi connectivity index (χ0) is 11.8. The summed E-state index contributed by atoms with van der Waals surface area (Å²) in [5.74, 6) is 0. The van der Waals surface area contributed by atoms with Crippen LogP contribution in [0.4, 0.5) is 0 Å². The molecule has 3 heteroatoms. The van der Waals surface area contributed by atoms with E-state index in [0.717, 1.165) is 19.6 Å². The molecular weight excluding hydrogens is 218 g/mol. The summed E-state index contributed by atoms with van der Waals surface area (Å²) < 4.78 is 0. The highest BCUT2D eigenvalue weighted by molar-refractivity contribution is 7.10. The molecule has 0 fully saturated rings. The zero-order valence-electron chi connectivity index (χ0n) is 10.4. The number of thiophene rings is 1. The summed E-state index contributed by atoms with van der Waals surface area (Å²) in [4.78, 5) is 4.01. The average molecular weight is 239 g/mol. The Balaban J connectivity index is 1.99. The van der Waals surface area contributed by atoms with Gasteiger partial charge in [-0.05, 0) is 30.4 Å². The molecule has 2 nitrogen and oxygen atoms in total. The van der Waals surface area contributed by atoms with Crippen molar-refractivity contribution in [2.75, 3.05) is 13.1 Å². The first kappa shape index (κ1) is 12.1. The number of nitrogens with zero attached hydrogens (tertiary/aromatic N) is 1. The van der Waals surface area contributed by atoms with Gasteiger partial charge in [0.1, 0.15) is 0 Å². The first-order valence-electron chi connectivity index (χ1n) is 5.95. The highest BCUT2D eigenvalue weighted by Gasteiger charge is 2.28. The van der Waals surface area contributed by atoms with Crippen molar-refractivity contribution in [3.05, 3.63) is 21.9 Å². The largest absolute Gasteiger partial charge is 0.393 e. The van der Waals surface area contributed by atoms with E-state index in [-0.39, 0.29) is 11.5 Å². The summed E-state index contributed by atoms with van der Waals surface area (Å²) in [5.41, 5.74) is 1.46. The summed E-state index contributed by atoms with van der Waals surface area (Å²) in [5, 5.41) is 11.9. The minimum Gasteiger partial charge on any atom is -0.393 e. The number of fused-ring (bicyclic) bond motifs is 1. The van der Waals surface area contributed by atoms with Crippen LogP contribution >= 0.6 is 11.3 Å². The second-order valence-electron chi connectivity index (χ2n) is 5.49. The van der Waals surface area contributed by atoms with E-state index >= 15 is 0 Å². The Morgan fingerprint density at radius 3 is 3.00 bits per heavy atom. The average Bonchev–Trinajstić information content (AvgIpc) is 2.63. The Hall–Kier alpha value is -0.380. The van der Waals surface area contributed by atoms with E-state index in [1.807, 2.05) is 18.3 Å². The van der Waals surface area contributed by atoms with Gasteiger partial charge in [0.15, 0.2) is 0 Å². The van der Waals surface area contributed by atoms with Crippen LogP contribution < -0.4 is 0 Å². The van der Waals surface area contributed by atoms with Crippen molar-refractivity contribution in [2.45, 2.75) is 39.8 Å². The number of hydrogen-bond donors (Lipinski definition) is 1. The predicted octanol–water partition coefficient (Wildman–Crippen LogP) is 2.51. The maximum absolute atomic E-state index is 9.74. The fraction of sp³-hybridized carbons (Fsp3) is 0.692. The lowest BCUT2D eigenvalue weighted by molar-refractivity contribution is 0.0310. The third-order valence-corrected chi connectivity index (χ3v) is 4.67. The molecule has 1 aromatic heterocycles. The van der Waals surface area contributed by atoms with Gasteiger partial charge in [0.2, 0.25) is 0 Å². The number of hydrogen-bond acceptors (Lipinski definition) is 3. The van der Waals surface area contributed by atoms with Crippen molar-refractivity contribution in [3.63, 3.8) is 0 Å². The van der Waals surface area contributed by atoms with Gasteiger partial charge in [-0.15, -0.1) is 11.3 Å². The van der Waals surface area contributed by atoms with Crippen LogP contribution in [0, 0.1) is 5.41 Å². The summed E-state index contributed by atoms with van der Waals surface area (Å²) in [6, 6.07) is 2.24. The van der Waals surface area contributed by atoms with Crippen molar-refractivity contribution in [2.24, 2.45) is 5.41 Å². The van der Waals surface area contributed by atoms with Crippen molar-refractivity contribution in [1.82, 2.24) is 4.90 Å². The molecule has 16 heavy (non-hydrogen) atoms. The smallest absolute Gasteiger partial charge is 0.0575 e. The second kappa shape index (κ2) is 4.47. The van der Waals surface area contributed by atoms with Gasteiger partial charge < -0.3 is 5.11 Å². The lowest BCUT2D eigenvalue weighted by atomic mass is 9.86. The number of aliphatic hydroxyl groups excluding tert-OH is 1. The van der Waals surface area contributed by atoms with Crippen LogP contribution in [0.5, 0.6) is 0 Å². The molecule has 0 aliphatic carbocycles. The predicted molar refractivity (Wildman–Crippen MR) is 68.8 cm³/mol. The molecule has 0 saturated carbocycles. The molecule has 0 radical (unpaired) electrons. The fourth-order valence-electron chi connectivity index (χ4n) is 2.15. The molecule has 2 heterocycles. The van der Waals surface area contributed by atoms with Gasteiger partial charge in [-0.2, -0.15) is 0 Å². The minimum atomic E-state index is -0.253. The first-order chi connectivity index (χ1) is 7.49. The van der Waals surface area contributed by atoms with E-state index in [4.69, 9.17) is 0 Å². The molecule has 0 spiro atoms. The van der Waals surface area contributed by atoms with Gasteiger partial charge in [-0.1, -0.05) is 13.8 Å². The molecule has 2 rings (SSSR count). The molecule has 0 bridgehead atoms. The van der Waals surface area contributed by atoms with Crippen LogP contribution in [0.25, 0.3) is 0 Å². The van der Waals surface area contributed by atoms with Crippen LogP contribution in [0.15, 0.2) is 11.4 Å². The monoisotopic (exact) mass is 239 g/mol. The van der Waals surface area contributed by atoms with E-state index in [1.165, 1.54) is 12.0 Å². The molecule has 0 aromatic carbocycles. The quantitative estimate of drug-likeness (QED) is 0.876. The summed E-state index contributed by atoms with van der Waals surface area (Å²) in [6.07, 6.45) is 0.916. The van der Waals surface area contributed by atoms with E-state index in [1.54, 1.807) is 4.88 Å². The summed E-state index contributed by atoms with van der Waals surface area (Å²) in [6.45, 7) is 9.32. The minimum absolute atomic E-state index is 0.0203. The summed E-state index contributed by atoms with van der Waals surface area (Å²) >= 11 is 1.88. The molecule has 1 aliphatic rings. The first-order valence-corrected chi connectivity index (χ1v) is 6.83. The normalized spacial score (nSPS) is 19.5. The number of rotatable bonds is 3. The topological polar surface area (TPSA) is 23.5 Å². The van der Waals surface area contributed by atoms with Crippen molar-refractivity contribution >= 4 is 11.3 Å². The van der Waals surface area contributed by atoms with E-state index in [0.29, 0.717) is 0 Å². The van der Waals surface area contributed by atoms with E-state index in [9.17, 15) is 5.11 Å². The van der Waals surface area contributed by atoms with Crippen LogP contribution in [0.1, 0.15) is 31.2 Å². The maximum Gasteiger partial charge on any atom is 0.0575 e. The fourth-order valence-corrected chi connectivity index (χ4v) is 3.04. The third kappa shape index (κ3) is 2.47. The molecule has 90 valence electrons. The Bertz CT molecular complexity index is 357. The van der Waals surface area contributed by atoms with Gasteiger partial charge in [-0.25, -0.2) is 0 Å². The molecule has 1 atom stereocenters. The molecule has 0 amide bonds. The standard InChI is InChI=1S/C13H21NOS/c1-10(15)13(2,3)9-14-6-4-12-11(8-14)5-7-16-12/h5,7,10,15H,4,6,8-9H2,1-3H3. The Morgan fingerprint density at radius 1 is 1.56 bits per heavy atom. The van der Waals surface area contributed by atoms with Crippen molar-refractivity contribution in [3.8, 4) is 0 Å². The lowest BCUT2D eigenvalue weighted by Gasteiger charge is -2.36. The van der Waals surface area contributed by atoms with Crippen molar-refractivity contribution < 1.29 is 5.11 Å². The molecular formula is C13H21NOS. The maximum atomic E-state index is 9.74. The number of aliphatic hydroxyl groups is 1. The van der Waals surface area contributed by atoms with Crippen LogP contribution in [-0.4, -0.2) is 29.2 Å². The van der Waals surface area contributed by atoms with Gasteiger partial charge in [0, 0.05) is 29.9 Å². The molecule has 0 saturated heterocycles. The molecule has 1 unspecified atom stereocenters. The Labute approximate surface area is 102 Å². The second-order valence-corrected chi connectivity index (χ2v) is 6.49. The van der Waals surface area contributed by atoms with E-state index in [2.05, 4.69) is 30.2 Å². The van der Waals surface area contributed by atoms with Gasteiger partial charge in [0.05, 0.1) is 6.10 Å². The van der Waals surface area contributed by atoms with Crippen LogP contribution in [0.3, 0.4) is 0 Å². The van der Waals surface area contributed by atoms with Crippen LogP contribution in [0.2, 0.25) is 0 Å². The highest BCUT2D eigenvalue weighted by atomic mass is 32.1. The highest BCUT2D eigenvalue weighted by Crippen LogP contribution is 2.28.